The minimum Gasteiger partial charge on any atom is -0.431 e. The largest absolute Gasteiger partial charge is 0.514 e. The molecule has 5 heteroatoms. The van der Waals surface area contributed by atoms with Gasteiger partial charge in [-0.05, 0) is 32.0 Å². The molecule has 0 spiro atoms. The quantitative estimate of drug-likeness (QED) is 0.620. The zero-order valence-corrected chi connectivity index (χ0v) is 12.3. The van der Waals surface area contributed by atoms with Gasteiger partial charge in [0.2, 0.25) is 0 Å². The SMILES string of the molecule is CN1[C@@H]2CC[C@H]1C[C@H](OC(=O)Oc1ccccc1)C2.Cl. The second kappa shape index (κ2) is 6.46. The van der Waals surface area contributed by atoms with Crippen LogP contribution in [-0.4, -0.2) is 36.3 Å². The molecule has 0 saturated carbocycles. The molecular formula is C15H20ClNO3. The summed E-state index contributed by atoms with van der Waals surface area (Å²) in [6, 6.07) is 10.2. The zero-order valence-electron chi connectivity index (χ0n) is 11.5. The third-order valence-corrected chi connectivity index (χ3v) is 4.26. The van der Waals surface area contributed by atoms with Crippen molar-refractivity contribution in [3.63, 3.8) is 0 Å². The van der Waals surface area contributed by atoms with Gasteiger partial charge in [0, 0.05) is 24.9 Å². The summed E-state index contributed by atoms with van der Waals surface area (Å²) in [4.78, 5) is 14.2. The molecule has 1 aromatic carbocycles. The van der Waals surface area contributed by atoms with Gasteiger partial charge in [-0.1, -0.05) is 18.2 Å². The molecule has 2 saturated heterocycles. The van der Waals surface area contributed by atoms with Crippen molar-refractivity contribution < 1.29 is 14.3 Å². The summed E-state index contributed by atoms with van der Waals surface area (Å²) in [5.41, 5.74) is 0. The van der Waals surface area contributed by atoms with Crippen LogP contribution in [0.1, 0.15) is 25.7 Å². The number of halogens is 1. The minimum absolute atomic E-state index is 0. The van der Waals surface area contributed by atoms with E-state index in [9.17, 15) is 4.79 Å². The monoisotopic (exact) mass is 297 g/mol. The third-order valence-electron chi connectivity index (χ3n) is 4.26. The molecule has 2 aliphatic heterocycles. The van der Waals surface area contributed by atoms with Gasteiger partial charge in [0.15, 0.2) is 0 Å². The van der Waals surface area contributed by atoms with E-state index in [4.69, 9.17) is 9.47 Å². The Morgan fingerprint density at radius 3 is 2.35 bits per heavy atom. The van der Waals surface area contributed by atoms with E-state index < -0.39 is 6.16 Å². The number of ether oxygens (including phenoxy) is 2. The van der Waals surface area contributed by atoms with Gasteiger partial charge in [-0.2, -0.15) is 0 Å². The molecule has 2 bridgehead atoms. The first-order valence-electron chi connectivity index (χ1n) is 6.88. The highest BCUT2D eigenvalue weighted by Crippen LogP contribution is 2.35. The molecule has 0 radical (unpaired) electrons. The number of benzene rings is 1. The predicted octanol–water partition coefficient (Wildman–Crippen LogP) is 3.25. The molecule has 110 valence electrons. The summed E-state index contributed by atoms with van der Waals surface area (Å²) < 4.78 is 10.6. The van der Waals surface area contributed by atoms with Crippen molar-refractivity contribution in [1.29, 1.82) is 0 Å². The molecule has 0 amide bonds. The first-order chi connectivity index (χ1) is 9.22. The molecule has 2 aliphatic rings. The molecule has 0 unspecified atom stereocenters. The van der Waals surface area contributed by atoms with Crippen molar-refractivity contribution in [1.82, 2.24) is 4.90 Å². The summed E-state index contributed by atoms with van der Waals surface area (Å²) in [7, 11) is 2.17. The van der Waals surface area contributed by atoms with E-state index in [1.807, 2.05) is 18.2 Å². The van der Waals surface area contributed by atoms with Crippen molar-refractivity contribution in [2.75, 3.05) is 7.05 Å². The second-order valence-electron chi connectivity index (χ2n) is 5.43. The van der Waals surface area contributed by atoms with Crippen LogP contribution < -0.4 is 4.74 Å². The van der Waals surface area contributed by atoms with Gasteiger partial charge in [0.1, 0.15) is 11.9 Å². The van der Waals surface area contributed by atoms with Crippen LogP contribution in [0.3, 0.4) is 0 Å². The van der Waals surface area contributed by atoms with Crippen molar-refractivity contribution in [3.8, 4) is 5.75 Å². The molecule has 1 aromatic rings. The third kappa shape index (κ3) is 3.25. The number of hydrogen-bond acceptors (Lipinski definition) is 4. The van der Waals surface area contributed by atoms with Gasteiger partial charge < -0.3 is 14.4 Å². The van der Waals surface area contributed by atoms with Gasteiger partial charge in [0.25, 0.3) is 0 Å². The molecule has 2 fully saturated rings. The molecule has 2 heterocycles. The fraction of sp³-hybridized carbons (Fsp3) is 0.533. The van der Waals surface area contributed by atoms with Crippen molar-refractivity contribution in [2.24, 2.45) is 0 Å². The standard InChI is InChI=1S/C15H19NO3.ClH/c1-16-11-7-8-12(16)10-14(9-11)19-15(17)18-13-5-3-2-4-6-13;/h2-6,11-12,14H,7-10H2,1H3;1H/t11-,12+,14-;. The van der Waals surface area contributed by atoms with Gasteiger partial charge in [-0.3, -0.25) is 0 Å². The van der Waals surface area contributed by atoms with Crippen LogP contribution in [-0.2, 0) is 4.74 Å². The number of hydrogen-bond donors (Lipinski definition) is 0. The maximum Gasteiger partial charge on any atom is 0.514 e. The Morgan fingerprint density at radius 2 is 1.75 bits per heavy atom. The lowest BCUT2D eigenvalue weighted by atomic mass is 10.0. The van der Waals surface area contributed by atoms with E-state index in [0.717, 1.165) is 12.8 Å². The molecule has 3 atom stereocenters. The average Bonchev–Trinajstić information content (AvgIpc) is 2.63. The lowest BCUT2D eigenvalue weighted by Gasteiger charge is -2.35. The Balaban J connectivity index is 0.00000147. The van der Waals surface area contributed by atoms with Crippen molar-refractivity contribution >= 4 is 18.6 Å². The fourth-order valence-electron chi connectivity index (χ4n) is 3.20. The summed E-state index contributed by atoms with van der Waals surface area (Å²) in [5.74, 6) is 0.531. The van der Waals surface area contributed by atoms with E-state index in [2.05, 4.69) is 11.9 Å². The number of piperidine rings is 1. The maximum absolute atomic E-state index is 11.7. The van der Waals surface area contributed by atoms with Crippen molar-refractivity contribution in [2.45, 2.75) is 43.9 Å². The first kappa shape index (κ1) is 15.1. The lowest BCUT2D eigenvalue weighted by Crippen LogP contribution is -2.43. The molecule has 0 aliphatic carbocycles. The summed E-state index contributed by atoms with van der Waals surface area (Å²) >= 11 is 0. The lowest BCUT2D eigenvalue weighted by molar-refractivity contribution is 0.00748. The summed E-state index contributed by atoms with van der Waals surface area (Å²) in [6.45, 7) is 0. The van der Waals surface area contributed by atoms with Crippen LogP contribution in [0.4, 0.5) is 4.79 Å². The molecule has 0 N–H and O–H groups in total. The van der Waals surface area contributed by atoms with E-state index in [0.29, 0.717) is 17.8 Å². The van der Waals surface area contributed by atoms with Gasteiger partial charge >= 0.3 is 6.16 Å². The predicted molar refractivity (Wildman–Crippen MR) is 78.4 cm³/mol. The van der Waals surface area contributed by atoms with E-state index in [-0.39, 0.29) is 18.5 Å². The highest BCUT2D eigenvalue weighted by molar-refractivity contribution is 5.85. The number of nitrogens with zero attached hydrogens (tertiary/aromatic N) is 1. The zero-order chi connectivity index (χ0) is 13.2. The topological polar surface area (TPSA) is 38.8 Å². The van der Waals surface area contributed by atoms with Crippen LogP contribution >= 0.6 is 12.4 Å². The van der Waals surface area contributed by atoms with Crippen LogP contribution in [0, 0.1) is 0 Å². The Morgan fingerprint density at radius 1 is 1.15 bits per heavy atom. The Hall–Kier alpha value is -1.26. The number of para-hydroxylation sites is 1. The molecular weight excluding hydrogens is 278 g/mol. The van der Waals surface area contributed by atoms with Gasteiger partial charge in [-0.25, -0.2) is 4.79 Å². The summed E-state index contributed by atoms with van der Waals surface area (Å²) in [6.07, 6.45) is 3.71. The van der Waals surface area contributed by atoms with Crippen LogP contribution in [0.5, 0.6) is 5.75 Å². The maximum atomic E-state index is 11.7. The smallest absolute Gasteiger partial charge is 0.431 e. The van der Waals surface area contributed by atoms with Crippen molar-refractivity contribution in [3.05, 3.63) is 30.3 Å². The Bertz CT molecular complexity index is 440. The number of carbonyl (C=O) groups is 1. The van der Waals surface area contributed by atoms with E-state index in [1.165, 1.54) is 12.8 Å². The van der Waals surface area contributed by atoms with Crippen LogP contribution in [0.15, 0.2) is 30.3 Å². The Kier molecular flexibility index (Phi) is 4.89. The number of fused-ring (bicyclic) bond motifs is 2. The van der Waals surface area contributed by atoms with Gasteiger partial charge in [0.05, 0.1) is 0 Å². The highest BCUT2D eigenvalue weighted by Gasteiger charge is 2.40. The number of rotatable bonds is 2. The Labute approximate surface area is 125 Å². The van der Waals surface area contributed by atoms with Gasteiger partial charge in [-0.15, -0.1) is 12.4 Å². The average molecular weight is 298 g/mol. The van der Waals surface area contributed by atoms with E-state index in [1.54, 1.807) is 12.1 Å². The normalized spacial score (nSPS) is 28.6. The minimum atomic E-state index is -0.583. The molecule has 3 rings (SSSR count). The van der Waals surface area contributed by atoms with E-state index >= 15 is 0 Å². The molecule has 0 aromatic heterocycles. The number of carbonyl (C=O) groups excluding carboxylic acids is 1. The fourth-order valence-corrected chi connectivity index (χ4v) is 3.20. The highest BCUT2D eigenvalue weighted by atomic mass is 35.5. The molecule has 20 heavy (non-hydrogen) atoms. The summed E-state index contributed by atoms with van der Waals surface area (Å²) in [5, 5.41) is 0. The van der Waals surface area contributed by atoms with Crippen LogP contribution in [0.25, 0.3) is 0 Å². The first-order valence-corrected chi connectivity index (χ1v) is 6.88. The second-order valence-corrected chi connectivity index (χ2v) is 5.43. The van der Waals surface area contributed by atoms with Crippen LogP contribution in [0.2, 0.25) is 0 Å². The molecule has 4 nitrogen and oxygen atoms in total.